The van der Waals surface area contributed by atoms with Gasteiger partial charge in [0.2, 0.25) is 0 Å². The molecule has 2 aromatic rings. The van der Waals surface area contributed by atoms with Crippen LogP contribution in [-0.4, -0.2) is 17.6 Å². The molecule has 0 saturated heterocycles. The lowest BCUT2D eigenvalue weighted by molar-refractivity contribution is 0.678. The fraction of sp³-hybridized carbons (Fsp3) is 0.364. The van der Waals surface area contributed by atoms with Crippen LogP contribution in [0.2, 0.25) is 0 Å². The Morgan fingerprint density at radius 2 is 2.40 bits per heavy atom. The molecule has 0 radical (unpaired) electrons. The summed E-state index contributed by atoms with van der Waals surface area (Å²) in [7, 11) is 0. The van der Waals surface area contributed by atoms with E-state index in [1.54, 1.807) is 11.3 Å². The number of nitrogens with zero attached hydrogens (tertiary/aromatic N) is 1. The zero-order chi connectivity index (χ0) is 10.7. The highest BCUT2D eigenvalue weighted by Gasteiger charge is 2.04. The first-order valence-electron chi connectivity index (χ1n) is 5.13. The van der Waals surface area contributed by atoms with Gasteiger partial charge in [0.05, 0.1) is 0 Å². The Labute approximate surface area is 93.3 Å². The molecule has 15 heavy (non-hydrogen) atoms. The Morgan fingerprint density at radius 3 is 3.20 bits per heavy atom. The van der Waals surface area contributed by atoms with Crippen LogP contribution in [0.4, 0.5) is 5.82 Å². The zero-order valence-electron chi connectivity index (χ0n) is 8.73. The molecule has 4 heteroatoms. The van der Waals surface area contributed by atoms with Gasteiger partial charge < -0.3 is 11.1 Å². The Bertz CT molecular complexity index is 438. The second kappa shape index (κ2) is 4.59. The molecule has 0 fully saturated rings. The van der Waals surface area contributed by atoms with Crippen LogP contribution in [0.15, 0.2) is 23.7 Å². The van der Waals surface area contributed by atoms with Crippen LogP contribution in [0.5, 0.6) is 0 Å². The van der Waals surface area contributed by atoms with Crippen LogP contribution in [0.25, 0.3) is 10.1 Å². The summed E-state index contributed by atoms with van der Waals surface area (Å²) in [4.78, 5) is 4.33. The zero-order valence-corrected chi connectivity index (χ0v) is 9.55. The van der Waals surface area contributed by atoms with Gasteiger partial charge in [-0.15, -0.1) is 11.3 Å². The van der Waals surface area contributed by atoms with E-state index in [1.165, 1.54) is 10.1 Å². The summed E-state index contributed by atoms with van der Waals surface area (Å²) in [5.74, 6) is 0.942. The number of rotatable bonds is 4. The molecule has 80 valence electrons. The van der Waals surface area contributed by atoms with Crippen molar-refractivity contribution in [3.8, 4) is 0 Å². The number of hydrogen-bond acceptors (Lipinski definition) is 4. The maximum Gasteiger partial charge on any atom is 0.134 e. The molecule has 0 spiro atoms. The average Bonchev–Trinajstić information content (AvgIpc) is 2.74. The minimum atomic E-state index is 0.195. The predicted octanol–water partition coefficient (Wildman–Crippen LogP) is 2.45. The van der Waals surface area contributed by atoms with Gasteiger partial charge in [0.25, 0.3) is 0 Å². The van der Waals surface area contributed by atoms with E-state index >= 15 is 0 Å². The van der Waals surface area contributed by atoms with E-state index in [0.29, 0.717) is 0 Å². The smallest absolute Gasteiger partial charge is 0.134 e. The maximum atomic E-state index is 5.85. The molecule has 0 aliphatic carbocycles. The van der Waals surface area contributed by atoms with Gasteiger partial charge in [-0.05, 0) is 23.9 Å². The minimum Gasteiger partial charge on any atom is -0.368 e. The van der Waals surface area contributed by atoms with Gasteiger partial charge in [0.15, 0.2) is 0 Å². The molecule has 3 nitrogen and oxygen atoms in total. The molecule has 2 rings (SSSR count). The van der Waals surface area contributed by atoms with E-state index < -0.39 is 0 Å². The number of thiophene rings is 1. The molecule has 0 aromatic carbocycles. The van der Waals surface area contributed by atoms with Crippen LogP contribution in [0.1, 0.15) is 13.3 Å². The van der Waals surface area contributed by atoms with Crippen molar-refractivity contribution in [2.24, 2.45) is 5.73 Å². The molecule has 2 heterocycles. The van der Waals surface area contributed by atoms with Crippen LogP contribution in [0, 0.1) is 0 Å². The lowest BCUT2D eigenvalue weighted by Crippen LogP contribution is -2.28. The van der Waals surface area contributed by atoms with Crippen LogP contribution in [0.3, 0.4) is 0 Å². The van der Waals surface area contributed by atoms with Crippen LogP contribution >= 0.6 is 11.3 Å². The number of fused-ring (bicyclic) bond motifs is 1. The van der Waals surface area contributed by atoms with Crippen molar-refractivity contribution in [1.29, 1.82) is 0 Å². The summed E-state index contributed by atoms with van der Waals surface area (Å²) < 4.78 is 1.26. The van der Waals surface area contributed by atoms with Gasteiger partial charge in [-0.25, -0.2) is 4.98 Å². The van der Waals surface area contributed by atoms with E-state index in [4.69, 9.17) is 5.73 Å². The fourth-order valence-corrected chi connectivity index (χ4v) is 2.19. The predicted molar refractivity (Wildman–Crippen MR) is 66.4 cm³/mol. The summed E-state index contributed by atoms with van der Waals surface area (Å²) in [5.41, 5.74) is 5.85. The van der Waals surface area contributed by atoms with Gasteiger partial charge in [-0.1, -0.05) is 6.92 Å². The third-order valence-electron chi connectivity index (χ3n) is 2.44. The lowest BCUT2D eigenvalue weighted by Gasteiger charge is -2.11. The number of aromatic nitrogens is 1. The Hall–Kier alpha value is -1.13. The molecule has 3 N–H and O–H groups in total. The normalized spacial score (nSPS) is 12.9. The van der Waals surface area contributed by atoms with Crippen molar-refractivity contribution in [3.63, 3.8) is 0 Å². The molecular weight excluding hydrogens is 206 g/mol. The molecule has 2 aromatic heterocycles. The van der Waals surface area contributed by atoms with Crippen molar-refractivity contribution in [2.45, 2.75) is 19.4 Å². The van der Waals surface area contributed by atoms with Crippen molar-refractivity contribution in [1.82, 2.24) is 4.98 Å². The van der Waals surface area contributed by atoms with Gasteiger partial charge in [-0.3, -0.25) is 0 Å². The second-order valence-corrected chi connectivity index (χ2v) is 4.49. The fourth-order valence-electron chi connectivity index (χ4n) is 1.41. The van der Waals surface area contributed by atoms with Gasteiger partial charge in [0.1, 0.15) is 5.82 Å². The van der Waals surface area contributed by atoms with E-state index in [2.05, 4.69) is 28.7 Å². The molecule has 0 amide bonds. The summed E-state index contributed by atoms with van der Waals surface area (Å²) >= 11 is 1.73. The maximum absolute atomic E-state index is 5.85. The van der Waals surface area contributed by atoms with E-state index in [9.17, 15) is 0 Å². The van der Waals surface area contributed by atoms with Crippen molar-refractivity contribution in [2.75, 3.05) is 11.9 Å². The summed E-state index contributed by atoms with van der Waals surface area (Å²) in [6, 6.07) is 4.32. The minimum absolute atomic E-state index is 0.195. The highest BCUT2D eigenvalue weighted by molar-refractivity contribution is 7.17. The Morgan fingerprint density at radius 1 is 1.53 bits per heavy atom. The second-order valence-electron chi connectivity index (χ2n) is 3.54. The summed E-state index contributed by atoms with van der Waals surface area (Å²) in [6.45, 7) is 2.86. The molecule has 1 unspecified atom stereocenters. The Kier molecular flexibility index (Phi) is 3.18. The van der Waals surface area contributed by atoms with Crippen molar-refractivity contribution < 1.29 is 0 Å². The van der Waals surface area contributed by atoms with Crippen LogP contribution in [-0.2, 0) is 0 Å². The van der Waals surface area contributed by atoms with Gasteiger partial charge in [-0.2, -0.15) is 0 Å². The van der Waals surface area contributed by atoms with Gasteiger partial charge >= 0.3 is 0 Å². The highest BCUT2D eigenvalue weighted by atomic mass is 32.1. The number of nitrogens with one attached hydrogen (secondary N) is 1. The van der Waals surface area contributed by atoms with E-state index in [0.717, 1.165) is 18.8 Å². The topological polar surface area (TPSA) is 50.9 Å². The van der Waals surface area contributed by atoms with Crippen molar-refractivity contribution in [3.05, 3.63) is 23.7 Å². The third-order valence-corrected chi connectivity index (χ3v) is 3.32. The summed E-state index contributed by atoms with van der Waals surface area (Å²) in [5, 5.41) is 6.56. The molecule has 0 aliphatic heterocycles. The molecule has 0 aliphatic rings. The standard InChI is InChI=1S/C11H15N3S/c1-2-8(12)7-14-11-9-4-6-15-10(9)3-5-13-11/h3-6,8H,2,7,12H2,1H3,(H,13,14). The van der Waals surface area contributed by atoms with E-state index in [1.807, 2.05) is 12.3 Å². The third kappa shape index (κ3) is 2.27. The number of pyridine rings is 1. The first kappa shape index (κ1) is 10.4. The number of hydrogen-bond donors (Lipinski definition) is 2. The lowest BCUT2D eigenvalue weighted by atomic mass is 10.2. The number of nitrogens with two attached hydrogens (primary N) is 1. The molecule has 0 saturated carbocycles. The van der Waals surface area contributed by atoms with E-state index in [-0.39, 0.29) is 6.04 Å². The highest BCUT2D eigenvalue weighted by Crippen LogP contribution is 2.25. The quantitative estimate of drug-likeness (QED) is 0.833. The van der Waals surface area contributed by atoms with Crippen molar-refractivity contribution >= 4 is 27.2 Å². The first-order chi connectivity index (χ1) is 7.31. The SMILES string of the molecule is CCC(N)CNc1nccc2sccc12. The first-order valence-corrected chi connectivity index (χ1v) is 6.01. The Balaban J connectivity index is 2.17. The molecule has 1 atom stereocenters. The summed E-state index contributed by atoms with van der Waals surface area (Å²) in [6.07, 6.45) is 2.81. The van der Waals surface area contributed by atoms with Crippen LogP contribution < -0.4 is 11.1 Å². The molecule has 0 bridgehead atoms. The largest absolute Gasteiger partial charge is 0.368 e. The van der Waals surface area contributed by atoms with Gasteiger partial charge in [0, 0.05) is 28.9 Å². The molecular formula is C11H15N3S. The average molecular weight is 221 g/mol. The number of anilines is 1. The monoisotopic (exact) mass is 221 g/mol.